The van der Waals surface area contributed by atoms with E-state index in [9.17, 15) is 9.90 Å². The van der Waals surface area contributed by atoms with E-state index in [0.717, 1.165) is 22.3 Å². The third kappa shape index (κ3) is 7.12. The highest BCUT2D eigenvalue weighted by Crippen LogP contribution is 2.32. The van der Waals surface area contributed by atoms with Crippen LogP contribution in [0, 0.1) is 0 Å². The van der Waals surface area contributed by atoms with Crippen LogP contribution < -0.4 is 0 Å². The van der Waals surface area contributed by atoms with E-state index in [4.69, 9.17) is 4.74 Å². The minimum absolute atomic E-state index is 0.0192. The molecule has 28 heavy (non-hydrogen) atoms. The molecule has 0 spiro atoms. The van der Waals surface area contributed by atoms with Gasteiger partial charge in [-0.1, -0.05) is 71.0 Å². The molecule has 0 bridgehead atoms. The normalized spacial score (nSPS) is 13.9. The largest absolute Gasteiger partial charge is 0.463 e. The number of aliphatic hydroxyl groups is 1. The van der Waals surface area contributed by atoms with Gasteiger partial charge in [-0.3, -0.25) is 0 Å². The molecule has 0 aliphatic carbocycles. The number of benzene rings is 1. The molecule has 154 valence electrons. The van der Waals surface area contributed by atoms with Crippen LogP contribution in [0.15, 0.2) is 48.1 Å². The predicted molar refractivity (Wildman–Crippen MR) is 118 cm³/mol. The van der Waals surface area contributed by atoms with Crippen molar-refractivity contribution in [1.82, 2.24) is 0 Å². The number of aliphatic hydroxyl groups excluding tert-OH is 1. The minimum Gasteiger partial charge on any atom is -0.463 e. The van der Waals surface area contributed by atoms with Gasteiger partial charge in [0.2, 0.25) is 0 Å². The van der Waals surface area contributed by atoms with Crippen molar-refractivity contribution in [3.63, 3.8) is 0 Å². The molecular weight excluding hydrogens is 348 g/mol. The van der Waals surface area contributed by atoms with E-state index >= 15 is 0 Å². The van der Waals surface area contributed by atoms with Gasteiger partial charge < -0.3 is 9.84 Å². The summed E-state index contributed by atoms with van der Waals surface area (Å²) in [4.78, 5) is 11.5. The first-order valence-corrected chi connectivity index (χ1v) is 9.88. The lowest BCUT2D eigenvalue weighted by atomic mass is 9.78. The molecule has 1 rings (SSSR count). The molecule has 1 aromatic rings. The number of carbonyl (C=O) groups is 1. The van der Waals surface area contributed by atoms with Gasteiger partial charge in [-0.25, -0.2) is 4.79 Å². The van der Waals surface area contributed by atoms with Crippen molar-refractivity contribution in [1.29, 1.82) is 0 Å². The Bertz CT molecular complexity index is 771. The van der Waals surface area contributed by atoms with Gasteiger partial charge in [0.05, 0.1) is 13.2 Å². The first-order valence-electron chi connectivity index (χ1n) is 9.88. The quantitative estimate of drug-likeness (QED) is 0.371. The van der Waals surface area contributed by atoms with Crippen molar-refractivity contribution in [2.75, 3.05) is 13.2 Å². The van der Waals surface area contributed by atoms with Crippen molar-refractivity contribution in [3.05, 3.63) is 64.8 Å². The Labute approximate surface area is 170 Å². The average Bonchev–Trinajstić information content (AvgIpc) is 2.60. The molecule has 0 aliphatic heterocycles. The standard InChI is InChI=1S/C25H36O3/c1-9-28-23(27)13-18(2)11-10-12-19(3)20-14-21(24(4,5)6)16-22(15-20)25(7,8)17-26/h10-16,26H,9,17H2,1-8H3/b11-10+,18-13+,19-12+. The van der Waals surface area contributed by atoms with Gasteiger partial charge in [-0.2, -0.15) is 0 Å². The van der Waals surface area contributed by atoms with Gasteiger partial charge in [-0.15, -0.1) is 0 Å². The highest BCUT2D eigenvalue weighted by Gasteiger charge is 2.23. The number of esters is 1. The maximum absolute atomic E-state index is 11.5. The minimum atomic E-state index is -0.320. The van der Waals surface area contributed by atoms with E-state index in [0.29, 0.717) is 6.61 Å². The van der Waals surface area contributed by atoms with Crippen molar-refractivity contribution >= 4 is 11.5 Å². The van der Waals surface area contributed by atoms with Crippen LogP contribution in [0.1, 0.15) is 72.1 Å². The monoisotopic (exact) mass is 384 g/mol. The number of carbonyl (C=O) groups excluding carboxylic acids is 1. The number of hydrogen-bond donors (Lipinski definition) is 1. The van der Waals surface area contributed by atoms with Crippen molar-refractivity contribution in [2.45, 2.75) is 66.2 Å². The van der Waals surface area contributed by atoms with E-state index in [-0.39, 0.29) is 23.4 Å². The van der Waals surface area contributed by atoms with Crippen molar-refractivity contribution in [3.8, 4) is 0 Å². The van der Waals surface area contributed by atoms with E-state index in [1.54, 1.807) is 6.92 Å². The van der Waals surface area contributed by atoms with E-state index in [1.807, 2.05) is 25.2 Å². The van der Waals surface area contributed by atoms with Gasteiger partial charge in [0.15, 0.2) is 0 Å². The fraction of sp³-hybridized carbons (Fsp3) is 0.480. The van der Waals surface area contributed by atoms with Crippen LogP contribution >= 0.6 is 0 Å². The van der Waals surface area contributed by atoms with Gasteiger partial charge in [0.25, 0.3) is 0 Å². The van der Waals surface area contributed by atoms with E-state index < -0.39 is 0 Å². The lowest BCUT2D eigenvalue weighted by Crippen LogP contribution is -2.23. The molecule has 1 aromatic carbocycles. The van der Waals surface area contributed by atoms with Crippen LogP contribution in [0.5, 0.6) is 0 Å². The molecule has 3 heteroatoms. The van der Waals surface area contributed by atoms with Crippen LogP contribution in [-0.4, -0.2) is 24.3 Å². The Kier molecular flexibility index (Phi) is 8.44. The zero-order valence-electron chi connectivity index (χ0n) is 18.7. The lowest BCUT2D eigenvalue weighted by molar-refractivity contribution is -0.137. The predicted octanol–water partition coefficient (Wildman–Crippen LogP) is 5.72. The second-order valence-corrected chi connectivity index (χ2v) is 8.94. The van der Waals surface area contributed by atoms with Crippen LogP contribution in [0.2, 0.25) is 0 Å². The summed E-state index contributed by atoms with van der Waals surface area (Å²) in [5, 5.41) is 9.81. The number of rotatable bonds is 7. The van der Waals surface area contributed by atoms with Crippen molar-refractivity contribution < 1.29 is 14.6 Å². The fourth-order valence-electron chi connectivity index (χ4n) is 2.63. The maximum Gasteiger partial charge on any atom is 0.330 e. The third-order valence-corrected chi connectivity index (χ3v) is 4.77. The van der Waals surface area contributed by atoms with Gasteiger partial charge in [0.1, 0.15) is 0 Å². The molecule has 0 saturated heterocycles. The second kappa shape index (κ2) is 9.88. The Balaban J connectivity index is 3.23. The number of hydrogen-bond acceptors (Lipinski definition) is 3. The summed E-state index contributed by atoms with van der Waals surface area (Å²) in [6.45, 7) is 16.9. The molecular formula is C25H36O3. The highest BCUT2D eigenvalue weighted by atomic mass is 16.5. The van der Waals surface area contributed by atoms with Crippen LogP contribution in [0.4, 0.5) is 0 Å². The van der Waals surface area contributed by atoms with Crippen molar-refractivity contribution in [2.24, 2.45) is 0 Å². The zero-order chi connectivity index (χ0) is 21.5. The zero-order valence-corrected chi connectivity index (χ0v) is 18.7. The van der Waals surface area contributed by atoms with E-state index in [1.165, 1.54) is 11.6 Å². The summed E-state index contributed by atoms with van der Waals surface area (Å²) < 4.78 is 4.92. The molecule has 0 atom stereocenters. The molecule has 1 N–H and O–H groups in total. The molecule has 0 aromatic heterocycles. The van der Waals surface area contributed by atoms with Gasteiger partial charge in [0, 0.05) is 11.5 Å². The molecule has 3 nitrogen and oxygen atoms in total. The average molecular weight is 385 g/mol. The topological polar surface area (TPSA) is 46.5 Å². The van der Waals surface area contributed by atoms with E-state index in [2.05, 4.69) is 59.7 Å². The molecule has 0 radical (unpaired) electrons. The van der Waals surface area contributed by atoms with Crippen LogP contribution in [-0.2, 0) is 20.4 Å². The molecule has 0 fully saturated rings. The highest BCUT2D eigenvalue weighted by molar-refractivity contribution is 5.83. The Morgan fingerprint density at radius 2 is 1.68 bits per heavy atom. The summed E-state index contributed by atoms with van der Waals surface area (Å²) >= 11 is 0. The summed E-state index contributed by atoms with van der Waals surface area (Å²) in [6, 6.07) is 6.58. The lowest BCUT2D eigenvalue weighted by Gasteiger charge is -2.27. The van der Waals surface area contributed by atoms with Gasteiger partial charge in [-0.05, 0) is 54.0 Å². The van der Waals surface area contributed by atoms with Crippen LogP contribution in [0.3, 0.4) is 0 Å². The first-order chi connectivity index (χ1) is 12.9. The maximum atomic E-state index is 11.5. The Morgan fingerprint density at radius 1 is 1.07 bits per heavy atom. The summed E-state index contributed by atoms with van der Waals surface area (Å²) in [5.74, 6) is -0.320. The smallest absolute Gasteiger partial charge is 0.330 e. The second-order valence-electron chi connectivity index (χ2n) is 8.94. The molecule has 0 amide bonds. The molecule has 0 saturated carbocycles. The summed E-state index contributed by atoms with van der Waals surface area (Å²) in [6.07, 6.45) is 7.37. The Morgan fingerprint density at radius 3 is 2.21 bits per heavy atom. The molecule has 0 aliphatic rings. The number of allylic oxidation sites excluding steroid dienone is 5. The third-order valence-electron chi connectivity index (χ3n) is 4.77. The van der Waals surface area contributed by atoms with Crippen LogP contribution in [0.25, 0.3) is 5.57 Å². The molecule has 0 unspecified atom stereocenters. The fourth-order valence-corrected chi connectivity index (χ4v) is 2.63. The number of ether oxygens (including phenoxy) is 1. The Hall–Kier alpha value is -2.13. The summed E-state index contributed by atoms with van der Waals surface area (Å²) in [5.41, 5.74) is 5.20. The summed E-state index contributed by atoms with van der Waals surface area (Å²) in [7, 11) is 0. The first kappa shape index (κ1) is 23.9. The SMILES string of the molecule is CCOC(=O)/C=C(C)/C=C/C=C(\C)c1cc(C(C)(C)C)cc(C(C)(C)CO)c1. The van der Waals surface area contributed by atoms with Gasteiger partial charge >= 0.3 is 5.97 Å². The molecule has 0 heterocycles.